The van der Waals surface area contributed by atoms with Crippen molar-refractivity contribution in [1.82, 2.24) is 9.66 Å². The van der Waals surface area contributed by atoms with Crippen LogP contribution in [0.1, 0.15) is 15.9 Å². The van der Waals surface area contributed by atoms with Gasteiger partial charge in [0, 0.05) is 0 Å². The smallest absolute Gasteiger partial charge is 0.343 e. The van der Waals surface area contributed by atoms with E-state index in [-0.39, 0.29) is 28.4 Å². The van der Waals surface area contributed by atoms with Crippen molar-refractivity contribution in [3.8, 4) is 40.3 Å². The van der Waals surface area contributed by atoms with Crippen LogP contribution in [0.2, 0.25) is 0 Å². The first kappa shape index (κ1) is 27.0. The van der Waals surface area contributed by atoms with Crippen LogP contribution in [0.5, 0.6) is 28.7 Å². The summed E-state index contributed by atoms with van der Waals surface area (Å²) in [6, 6.07) is 18.2. The van der Waals surface area contributed by atoms with Crippen molar-refractivity contribution < 1.29 is 32.9 Å². The molecular formula is C30H25N3O8. The third kappa shape index (κ3) is 5.33. The fraction of sp³-hybridized carbons (Fsp3) is 0.133. The Morgan fingerprint density at radius 1 is 0.854 bits per heavy atom. The highest BCUT2D eigenvalue weighted by atomic mass is 16.6. The van der Waals surface area contributed by atoms with Gasteiger partial charge in [0.05, 0.1) is 57.4 Å². The number of fused-ring (bicyclic) bond motifs is 1. The van der Waals surface area contributed by atoms with E-state index in [1.807, 2.05) is 0 Å². The van der Waals surface area contributed by atoms with Gasteiger partial charge in [0.15, 0.2) is 28.8 Å². The minimum atomic E-state index is -0.666. The zero-order valence-corrected chi connectivity index (χ0v) is 22.6. The molecule has 11 heteroatoms. The Morgan fingerprint density at radius 3 is 2.24 bits per heavy atom. The second-order valence-corrected chi connectivity index (χ2v) is 8.51. The molecule has 0 aliphatic rings. The zero-order valence-electron chi connectivity index (χ0n) is 22.6. The van der Waals surface area contributed by atoms with E-state index >= 15 is 0 Å². The van der Waals surface area contributed by atoms with Gasteiger partial charge in [0.25, 0.3) is 5.56 Å². The van der Waals surface area contributed by atoms with Crippen molar-refractivity contribution >= 4 is 23.1 Å². The molecule has 208 valence electrons. The normalized spacial score (nSPS) is 11.0. The van der Waals surface area contributed by atoms with Crippen molar-refractivity contribution in [3.63, 3.8) is 0 Å². The second kappa shape index (κ2) is 11.7. The van der Waals surface area contributed by atoms with E-state index in [0.717, 1.165) is 0 Å². The summed E-state index contributed by atoms with van der Waals surface area (Å²) < 4.78 is 33.7. The summed E-state index contributed by atoms with van der Waals surface area (Å²) in [7, 11) is 5.82. The predicted molar refractivity (Wildman–Crippen MR) is 151 cm³/mol. The molecule has 0 spiro atoms. The Kier molecular flexibility index (Phi) is 7.68. The molecule has 2 heterocycles. The summed E-state index contributed by atoms with van der Waals surface area (Å²) in [6.07, 6.45) is 2.96. The van der Waals surface area contributed by atoms with Crippen LogP contribution in [0, 0.1) is 0 Å². The number of furan rings is 1. The number of hydrogen-bond acceptors (Lipinski definition) is 10. The van der Waals surface area contributed by atoms with Gasteiger partial charge in [-0.25, -0.2) is 9.78 Å². The molecule has 3 aromatic carbocycles. The number of nitrogens with zero attached hydrogens (tertiary/aromatic N) is 3. The third-order valence-electron chi connectivity index (χ3n) is 6.11. The Balaban J connectivity index is 1.46. The van der Waals surface area contributed by atoms with Crippen molar-refractivity contribution in [2.75, 3.05) is 28.4 Å². The standard InChI is InChI=1S/C30H25N3O8/c1-36-24-14-18(11-12-22(24)41-30(35)19-15-25(37-2)27(39-4)26(16-19)38-3)17-31-33-28(23-10-7-13-40-23)32-21-9-6-5-8-20(21)29(33)34/h5-17H,1-4H3. The van der Waals surface area contributed by atoms with E-state index in [2.05, 4.69) is 10.1 Å². The summed E-state index contributed by atoms with van der Waals surface area (Å²) in [5, 5.41) is 4.81. The van der Waals surface area contributed by atoms with Gasteiger partial charge in [-0.3, -0.25) is 4.79 Å². The lowest BCUT2D eigenvalue weighted by Crippen LogP contribution is -2.20. The number of methoxy groups -OCH3 is 4. The fourth-order valence-corrected chi connectivity index (χ4v) is 4.13. The molecule has 0 fully saturated rings. The number of benzene rings is 3. The van der Waals surface area contributed by atoms with E-state index in [0.29, 0.717) is 39.5 Å². The van der Waals surface area contributed by atoms with Gasteiger partial charge in [-0.15, -0.1) is 0 Å². The van der Waals surface area contributed by atoms with Crippen molar-refractivity contribution in [1.29, 1.82) is 0 Å². The van der Waals surface area contributed by atoms with Crippen LogP contribution in [0.25, 0.3) is 22.5 Å². The van der Waals surface area contributed by atoms with Crippen LogP contribution in [-0.4, -0.2) is 50.3 Å². The molecule has 0 saturated heterocycles. The second-order valence-electron chi connectivity index (χ2n) is 8.51. The number of rotatable bonds is 9. The van der Waals surface area contributed by atoms with Crippen molar-refractivity contribution in [3.05, 3.63) is 94.5 Å². The molecule has 0 unspecified atom stereocenters. The monoisotopic (exact) mass is 555 g/mol. The van der Waals surface area contributed by atoms with Gasteiger partial charge >= 0.3 is 5.97 Å². The summed E-state index contributed by atoms with van der Waals surface area (Å²) in [4.78, 5) is 30.9. The molecule has 0 aliphatic carbocycles. The summed E-state index contributed by atoms with van der Waals surface area (Å²) >= 11 is 0. The molecule has 5 aromatic rings. The molecule has 41 heavy (non-hydrogen) atoms. The average molecular weight is 556 g/mol. The Morgan fingerprint density at radius 2 is 1.59 bits per heavy atom. The quantitative estimate of drug-likeness (QED) is 0.143. The van der Waals surface area contributed by atoms with Gasteiger partial charge in [-0.2, -0.15) is 9.78 Å². The van der Waals surface area contributed by atoms with E-state index in [4.69, 9.17) is 28.1 Å². The highest BCUT2D eigenvalue weighted by molar-refractivity contribution is 5.93. The molecule has 2 aromatic heterocycles. The topological polar surface area (TPSA) is 124 Å². The lowest BCUT2D eigenvalue weighted by molar-refractivity contribution is 0.0728. The molecule has 0 radical (unpaired) electrons. The van der Waals surface area contributed by atoms with Gasteiger partial charge in [-0.1, -0.05) is 12.1 Å². The van der Waals surface area contributed by atoms with Crippen LogP contribution in [0.3, 0.4) is 0 Å². The van der Waals surface area contributed by atoms with Gasteiger partial charge in [-0.05, 0) is 60.2 Å². The zero-order chi connectivity index (χ0) is 28.9. The first-order chi connectivity index (χ1) is 20.0. The Labute approximate surface area is 234 Å². The maximum absolute atomic E-state index is 13.3. The maximum Gasteiger partial charge on any atom is 0.343 e. The molecule has 5 rings (SSSR count). The molecule has 0 saturated carbocycles. The van der Waals surface area contributed by atoms with Crippen molar-refractivity contribution in [2.24, 2.45) is 5.10 Å². The average Bonchev–Trinajstić information content (AvgIpc) is 3.55. The number of para-hydroxylation sites is 1. The van der Waals surface area contributed by atoms with Crippen LogP contribution < -0.4 is 29.2 Å². The highest BCUT2D eigenvalue weighted by Crippen LogP contribution is 2.39. The lowest BCUT2D eigenvalue weighted by Gasteiger charge is -2.14. The van der Waals surface area contributed by atoms with Crippen LogP contribution in [0.15, 0.2) is 87.3 Å². The van der Waals surface area contributed by atoms with Crippen LogP contribution in [0.4, 0.5) is 0 Å². The minimum absolute atomic E-state index is 0.171. The minimum Gasteiger partial charge on any atom is -0.493 e. The molecule has 0 bridgehead atoms. The molecule has 0 aliphatic heterocycles. The largest absolute Gasteiger partial charge is 0.493 e. The maximum atomic E-state index is 13.3. The predicted octanol–water partition coefficient (Wildman–Crippen LogP) is 4.79. The van der Waals surface area contributed by atoms with Crippen molar-refractivity contribution in [2.45, 2.75) is 0 Å². The first-order valence-corrected chi connectivity index (χ1v) is 12.3. The van der Waals surface area contributed by atoms with Crippen LogP contribution in [-0.2, 0) is 0 Å². The van der Waals surface area contributed by atoms with E-state index in [1.54, 1.807) is 54.6 Å². The molecular weight excluding hydrogens is 530 g/mol. The highest BCUT2D eigenvalue weighted by Gasteiger charge is 2.20. The number of esters is 1. The summed E-state index contributed by atoms with van der Waals surface area (Å²) in [6.45, 7) is 0. The summed E-state index contributed by atoms with van der Waals surface area (Å²) in [5.74, 6) is 1.38. The number of aromatic nitrogens is 2. The number of carbonyl (C=O) groups is 1. The van der Waals surface area contributed by atoms with Gasteiger partial charge < -0.3 is 28.1 Å². The molecule has 11 nitrogen and oxygen atoms in total. The number of hydrogen-bond donors (Lipinski definition) is 0. The Bertz CT molecular complexity index is 1780. The summed E-state index contributed by atoms with van der Waals surface area (Å²) in [5.41, 5.74) is 0.914. The van der Waals surface area contributed by atoms with E-state index in [9.17, 15) is 9.59 Å². The lowest BCUT2D eigenvalue weighted by atomic mass is 10.1. The Hall–Kier alpha value is -5.58. The SMILES string of the molecule is COc1cc(C=Nn2c(-c3ccco3)nc3ccccc3c2=O)ccc1OC(=O)c1cc(OC)c(OC)c(OC)c1. The van der Waals surface area contributed by atoms with Gasteiger partial charge in [0.2, 0.25) is 11.6 Å². The van der Waals surface area contributed by atoms with E-state index in [1.165, 1.54) is 57.7 Å². The molecule has 0 N–H and O–H groups in total. The number of carbonyl (C=O) groups excluding carboxylic acids is 1. The fourth-order valence-electron chi connectivity index (χ4n) is 4.13. The van der Waals surface area contributed by atoms with Crippen LogP contribution >= 0.6 is 0 Å². The third-order valence-corrected chi connectivity index (χ3v) is 6.11. The van der Waals surface area contributed by atoms with Gasteiger partial charge in [0.1, 0.15) is 0 Å². The molecule has 0 amide bonds. The first-order valence-electron chi connectivity index (χ1n) is 12.3. The van der Waals surface area contributed by atoms with E-state index < -0.39 is 5.97 Å². The number of ether oxygens (including phenoxy) is 5. The molecule has 0 atom stereocenters.